The van der Waals surface area contributed by atoms with Gasteiger partial charge in [-0.05, 0) is 106 Å². The van der Waals surface area contributed by atoms with Crippen LogP contribution in [-0.2, 0) is 0 Å². The molecule has 162 valence electrons. The van der Waals surface area contributed by atoms with E-state index >= 15 is 0 Å². The fourth-order valence-electron chi connectivity index (χ4n) is 5.22. The van der Waals surface area contributed by atoms with Crippen LogP contribution in [0.25, 0.3) is 0 Å². The van der Waals surface area contributed by atoms with E-state index in [0.29, 0.717) is 23.8 Å². The van der Waals surface area contributed by atoms with Crippen molar-refractivity contribution in [1.29, 1.82) is 0 Å². The third-order valence-corrected chi connectivity index (χ3v) is 7.11. The normalized spacial score (nSPS) is 28.1. The van der Waals surface area contributed by atoms with Crippen molar-refractivity contribution in [3.05, 3.63) is 47.3 Å². The Kier molecular flexibility index (Phi) is 8.62. The van der Waals surface area contributed by atoms with Crippen molar-refractivity contribution in [2.75, 3.05) is 6.67 Å². The Morgan fingerprint density at radius 1 is 0.793 bits per heavy atom. The molecule has 4 heteroatoms. The van der Waals surface area contributed by atoms with Gasteiger partial charge in [-0.3, -0.25) is 4.39 Å². The summed E-state index contributed by atoms with van der Waals surface area (Å²) in [6, 6.07) is 2.35. The molecule has 0 aromatic heterocycles. The van der Waals surface area contributed by atoms with Crippen LogP contribution in [0.5, 0.6) is 0 Å². The Morgan fingerprint density at radius 3 is 1.90 bits per heavy atom. The van der Waals surface area contributed by atoms with Gasteiger partial charge in [0.05, 0.1) is 6.67 Å². The van der Waals surface area contributed by atoms with Crippen molar-refractivity contribution in [1.82, 2.24) is 0 Å². The van der Waals surface area contributed by atoms with Gasteiger partial charge in [-0.2, -0.15) is 0 Å². The lowest BCUT2D eigenvalue weighted by molar-refractivity contribution is 0.245. The second kappa shape index (κ2) is 11.2. The Labute approximate surface area is 172 Å². The summed E-state index contributed by atoms with van der Waals surface area (Å²) in [6.45, 7) is -0.226. The molecule has 2 aliphatic rings. The first-order chi connectivity index (χ1) is 14.1. The molecule has 29 heavy (non-hydrogen) atoms. The Bertz CT molecular complexity index is 630. The van der Waals surface area contributed by atoms with Crippen LogP contribution in [0.2, 0.25) is 0 Å². The van der Waals surface area contributed by atoms with E-state index < -0.39 is 17.5 Å². The minimum Gasteiger partial charge on any atom is -0.251 e. The molecule has 0 unspecified atom stereocenters. The van der Waals surface area contributed by atoms with Crippen LogP contribution in [0.4, 0.5) is 17.6 Å². The van der Waals surface area contributed by atoms with Gasteiger partial charge < -0.3 is 0 Å². The Morgan fingerprint density at radius 2 is 1.34 bits per heavy atom. The third-order valence-electron chi connectivity index (χ3n) is 7.11. The summed E-state index contributed by atoms with van der Waals surface area (Å²) >= 11 is 0. The molecule has 0 aliphatic heterocycles. The molecule has 2 aliphatic carbocycles. The molecular formula is C25H34F4. The summed E-state index contributed by atoms with van der Waals surface area (Å²) in [7, 11) is 0. The third kappa shape index (κ3) is 6.58. The molecule has 0 atom stereocenters. The highest BCUT2D eigenvalue weighted by Gasteiger charge is 2.26. The van der Waals surface area contributed by atoms with E-state index in [9.17, 15) is 17.6 Å². The molecule has 1 aromatic rings. The standard InChI is InChI=1S/C25H34F4/c26-15-3-1-2-4-18-5-7-19(8-6-18)9-10-20-11-13-21(14-12-20)22-16-23(27)25(29)24(28)17-22/h2,4,16-21H,1,3,5-15H2/b4-2+/t18-,19-,20?,21?. The first-order valence-electron chi connectivity index (χ1n) is 11.4. The van der Waals surface area contributed by atoms with Crippen LogP contribution in [0.3, 0.4) is 0 Å². The zero-order valence-electron chi connectivity index (χ0n) is 17.3. The van der Waals surface area contributed by atoms with Crippen LogP contribution in [0, 0.1) is 35.2 Å². The average Bonchev–Trinajstić information content (AvgIpc) is 2.74. The zero-order chi connectivity index (χ0) is 20.6. The molecule has 0 bridgehead atoms. The van der Waals surface area contributed by atoms with E-state index in [1.807, 2.05) is 0 Å². The maximum atomic E-state index is 13.5. The zero-order valence-corrected chi connectivity index (χ0v) is 17.3. The molecule has 2 fully saturated rings. The van der Waals surface area contributed by atoms with Gasteiger partial charge in [-0.1, -0.05) is 25.0 Å². The molecule has 3 rings (SSSR count). The van der Waals surface area contributed by atoms with E-state index in [1.54, 1.807) is 0 Å². The molecule has 0 heterocycles. The number of hydrogen-bond donors (Lipinski definition) is 0. The quantitative estimate of drug-likeness (QED) is 0.175. The molecule has 0 nitrogen and oxygen atoms in total. The van der Waals surface area contributed by atoms with E-state index in [4.69, 9.17) is 0 Å². The Balaban J connectivity index is 1.35. The number of unbranched alkanes of at least 4 members (excludes halogenated alkanes) is 1. The minimum atomic E-state index is -1.37. The number of hydrogen-bond acceptors (Lipinski definition) is 0. The molecule has 0 spiro atoms. The highest BCUT2D eigenvalue weighted by molar-refractivity contribution is 5.23. The largest absolute Gasteiger partial charge is 0.251 e. The van der Waals surface area contributed by atoms with Gasteiger partial charge in [0.25, 0.3) is 0 Å². The summed E-state index contributed by atoms with van der Waals surface area (Å²) < 4.78 is 52.3. The monoisotopic (exact) mass is 410 g/mol. The lowest BCUT2D eigenvalue weighted by atomic mass is 9.74. The number of benzene rings is 1. The van der Waals surface area contributed by atoms with Gasteiger partial charge in [0.1, 0.15) is 0 Å². The molecule has 0 N–H and O–H groups in total. The van der Waals surface area contributed by atoms with E-state index in [0.717, 1.165) is 38.0 Å². The van der Waals surface area contributed by atoms with Crippen molar-refractivity contribution in [3.63, 3.8) is 0 Å². The molecule has 1 aromatic carbocycles. The SMILES string of the molecule is FCCC/C=C/[C@H]1CC[C@H](CCC2CCC(c3cc(F)c(F)c(F)c3)CC2)CC1. The molecule has 0 radical (unpaired) electrons. The molecule has 0 amide bonds. The van der Waals surface area contributed by atoms with Crippen LogP contribution in [0.15, 0.2) is 24.3 Å². The smallest absolute Gasteiger partial charge is 0.194 e. The highest BCUT2D eigenvalue weighted by Crippen LogP contribution is 2.40. The first-order valence-corrected chi connectivity index (χ1v) is 11.4. The van der Waals surface area contributed by atoms with Crippen molar-refractivity contribution in [2.45, 2.75) is 83.0 Å². The van der Waals surface area contributed by atoms with Crippen LogP contribution >= 0.6 is 0 Å². The second-order valence-electron chi connectivity index (χ2n) is 9.13. The van der Waals surface area contributed by atoms with E-state index in [1.165, 1.54) is 50.7 Å². The van der Waals surface area contributed by atoms with Crippen molar-refractivity contribution in [2.24, 2.45) is 17.8 Å². The van der Waals surface area contributed by atoms with Crippen molar-refractivity contribution < 1.29 is 17.6 Å². The number of alkyl halides is 1. The highest BCUT2D eigenvalue weighted by atomic mass is 19.2. The van der Waals surface area contributed by atoms with Crippen LogP contribution in [-0.4, -0.2) is 6.67 Å². The van der Waals surface area contributed by atoms with Crippen LogP contribution in [0.1, 0.15) is 88.5 Å². The summed E-state index contributed by atoms with van der Waals surface area (Å²) in [6.07, 6.45) is 17.6. The summed E-state index contributed by atoms with van der Waals surface area (Å²) in [5, 5.41) is 0. The van der Waals surface area contributed by atoms with Crippen molar-refractivity contribution >= 4 is 0 Å². The summed E-state index contributed by atoms with van der Waals surface area (Å²) in [5.74, 6) is -1.16. The maximum Gasteiger partial charge on any atom is 0.194 e. The maximum absolute atomic E-state index is 13.5. The van der Waals surface area contributed by atoms with Crippen LogP contribution < -0.4 is 0 Å². The molecule has 0 saturated heterocycles. The number of allylic oxidation sites excluding steroid dienone is 2. The lowest BCUT2D eigenvalue weighted by Crippen LogP contribution is -2.17. The number of rotatable bonds is 8. The predicted molar refractivity (Wildman–Crippen MR) is 110 cm³/mol. The summed E-state index contributed by atoms with van der Waals surface area (Å²) in [5.41, 5.74) is 0.609. The summed E-state index contributed by atoms with van der Waals surface area (Å²) in [4.78, 5) is 0. The second-order valence-corrected chi connectivity index (χ2v) is 9.13. The van der Waals surface area contributed by atoms with Gasteiger partial charge in [0, 0.05) is 0 Å². The van der Waals surface area contributed by atoms with Gasteiger partial charge in [-0.25, -0.2) is 13.2 Å². The van der Waals surface area contributed by atoms with Gasteiger partial charge in [0.15, 0.2) is 17.5 Å². The first kappa shape index (κ1) is 22.4. The lowest BCUT2D eigenvalue weighted by Gasteiger charge is -2.31. The van der Waals surface area contributed by atoms with Crippen molar-refractivity contribution in [3.8, 4) is 0 Å². The fraction of sp³-hybridized carbons (Fsp3) is 0.680. The topological polar surface area (TPSA) is 0 Å². The molecule has 2 saturated carbocycles. The van der Waals surface area contributed by atoms with Gasteiger partial charge in [0.2, 0.25) is 0 Å². The van der Waals surface area contributed by atoms with Gasteiger partial charge >= 0.3 is 0 Å². The molecular weight excluding hydrogens is 376 g/mol. The van der Waals surface area contributed by atoms with E-state index in [2.05, 4.69) is 12.2 Å². The predicted octanol–water partition coefficient (Wildman–Crippen LogP) is 8.27. The van der Waals surface area contributed by atoms with Gasteiger partial charge in [-0.15, -0.1) is 0 Å². The fourth-order valence-corrected chi connectivity index (χ4v) is 5.22. The Hall–Kier alpha value is -1.32. The minimum absolute atomic E-state index is 0.149. The van der Waals surface area contributed by atoms with E-state index in [-0.39, 0.29) is 12.6 Å². The average molecular weight is 411 g/mol. The number of halogens is 4.